The molecule has 0 saturated heterocycles. The molecule has 2 aromatic carbocycles. The highest BCUT2D eigenvalue weighted by Gasteiger charge is 2.07. The third-order valence-corrected chi connectivity index (χ3v) is 4.34. The Morgan fingerprint density at radius 1 is 1.24 bits per heavy atom. The molecule has 0 spiro atoms. The van der Waals surface area contributed by atoms with Crippen molar-refractivity contribution >= 4 is 28.1 Å². The molecule has 0 radical (unpaired) electrons. The summed E-state index contributed by atoms with van der Waals surface area (Å²) in [6, 6.07) is 15.2. The zero-order valence-corrected chi connectivity index (χ0v) is 14.7. The summed E-state index contributed by atoms with van der Waals surface area (Å²) in [5.41, 5.74) is 9.36. The van der Waals surface area contributed by atoms with Gasteiger partial charge < -0.3 is 15.8 Å². The van der Waals surface area contributed by atoms with Gasteiger partial charge in [-0.05, 0) is 36.2 Å². The van der Waals surface area contributed by atoms with Crippen LogP contribution >= 0.6 is 11.3 Å². The lowest BCUT2D eigenvalue weighted by Gasteiger charge is -2.09. The van der Waals surface area contributed by atoms with E-state index in [4.69, 9.17) is 10.5 Å². The number of benzene rings is 2. The topological polar surface area (TPSA) is 77.2 Å². The van der Waals surface area contributed by atoms with Gasteiger partial charge in [-0.1, -0.05) is 31.2 Å². The van der Waals surface area contributed by atoms with Crippen LogP contribution in [0.15, 0.2) is 53.9 Å². The summed E-state index contributed by atoms with van der Waals surface area (Å²) < 4.78 is 5.59. The van der Waals surface area contributed by atoms with Gasteiger partial charge in [0.1, 0.15) is 5.75 Å². The van der Waals surface area contributed by atoms with E-state index < -0.39 is 0 Å². The van der Waals surface area contributed by atoms with Gasteiger partial charge in [-0.15, -0.1) is 11.3 Å². The van der Waals surface area contributed by atoms with E-state index in [2.05, 4.69) is 17.2 Å². The number of carbonyl (C=O) groups is 1. The normalized spacial score (nSPS) is 10.4. The molecule has 1 heterocycles. The predicted octanol–water partition coefficient (Wildman–Crippen LogP) is 3.97. The van der Waals surface area contributed by atoms with E-state index in [0.29, 0.717) is 10.9 Å². The van der Waals surface area contributed by atoms with Crippen molar-refractivity contribution in [2.45, 2.75) is 13.3 Å². The van der Waals surface area contributed by atoms with Crippen molar-refractivity contribution in [3.8, 4) is 17.0 Å². The van der Waals surface area contributed by atoms with Gasteiger partial charge in [0.05, 0.1) is 5.69 Å². The number of aryl methyl sites for hydroxylation is 1. The van der Waals surface area contributed by atoms with Crippen LogP contribution in [0.25, 0.3) is 11.3 Å². The Bertz CT molecular complexity index is 859. The standard InChI is InChI=1S/C19H19N3O2S/c1-2-13-6-8-15(9-7-13)21-18(23)11-24-16-5-3-4-14(10-16)17-12-25-19(20)22-17/h3-10,12H,2,11H2,1H3,(H2,20,22)(H,21,23). The first-order valence-corrected chi connectivity index (χ1v) is 8.85. The van der Waals surface area contributed by atoms with Crippen molar-refractivity contribution in [2.75, 3.05) is 17.7 Å². The van der Waals surface area contributed by atoms with Crippen molar-refractivity contribution < 1.29 is 9.53 Å². The van der Waals surface area contributed by atoms with Gasteiger partial charge in [0.15, 0.2) is 11.7 Å². The van der Waals surface area contributed by atoms with E-state index in [-0.39, 0.29) is 12.5 Å². The third kappa shape index (κ3) is 4.58. The van der Waals surface area contributed by atoms with Crippen molar-refractivity contribution in [2.24, 2.45) is 0 Å². The Balaban J connectivity index is 1.58. The second-order valence-corrected chi connectivity index (χ2v) is 6.38. The molecule has 0 aliphatic carbocycles. The molecule has 0 saturated carbocycles. The lowest BCUT2D eigenvalue weighted by atomic mass is 10.1. The predicted molar refractivity (Wildman–Crippen MR) is 102 cm³/mol. The van der Waals surface area contributed by atoms with E-state index in [1.54, 1.807) is 0 Å². The highest BCUT2D eigenvalue weighted by atomic mass is 32.1. The molecule has 0 unspecified atom stereocenters. The summed E-state index contributed by atoms with van der Waals surface area (Å²) >= 11 is 1.39. The summed E-state index contributed by atoms with van der Waals surface area (Å²) in [7, 11) is 0. The molecule has 0 fully saturated rings. The maximum absolute atomic E-state index is 12.0. The number of rotatable bonds is 6. The van der Waals surface area contributed by atoms with Crippen LogP contribution in [0.3, 0.4) is 0 Å². The molecular weight excluding hydrogens is 334 g/mol. The fourth-order valence-electron chi connectivity index (χ4n) is 2.34. The number of hydrogen-bond acceptors (Lipinski definition) is 5. The van der Waals surface area contributed by atoms with Crippen molar-refractivity contribution in [1.29, 1.82) is 0 Å². The molecule has 1 amide bonds. The van der Waals surface area contributed by atoms with Crippen LogP contribution in [-0.2, 0) is 11.2 Å². The Hall–Kier alpha value is -2.86. The molecule has 3 rings (SSSR count). The highest BCUT2D eigenvalue weighted by Crippen LogP contribution is 2.26. The van der Waals surface area contributed by atoms with E-state index >= 15 is 0 Å². The largest absolute Gasteiger partial charge is 0.484 e. The van der Waals surface area contributed by atoms with Crippen LogP contribution in [0.1, 0.15) is 12.5 Å². The summed E-state index contributed by atoms with van der Waals surface area (Å²) in [6.45, 7) is 2.04. The molecule has 128 valence electrons. The van der Waals surface area contributed by atoms with Crippen molar-refractivity contribution in [3.05, 3.63) is 59.5 Å². The monoisotopic (exact) mass is 353 g/mol. The smallest absolute Gasteiger partial charge is 0.262 e. The quantitative estimate of drug-likeness (QED) is 0.703. The summed E-state index contributed by atoms with van der Waals surface area (Å²) in [4.78, 5) is 16.3. The number of thiazole rings is 1. The number of aromatic nitrogens is 1. The average Bonchev–Trinajstić information content (AvgIpc) is 3.07. The van der Waals surface area contributed by atoms with Gasteiger partial charge in [0.25, 0.3) is 5.91 Å². The summed E-state index contributed by atoms with van der Waals surface area (Å²) in [5.74, 6) is 0.410. The van der Waals surface area contributed by atoms with Gasteiger partial charge in [0, 0.05) is 16.6 Å². The van der Waals surface area contributed by atoms with Crippen molar-refractivity contribution in [3.63, 3.8) is 0 Å². The van der Waals surface area contributed by atoms with E-state index in [0.717, 1.165) is 23.4 Å². The first kappa shape index (κ1) is 17.0. The highest BCUT2D eigenvalue weighted by molar-refractivity contribution is 7.13. The fraction of sp³-hybridized carbons (Fsp3) is 0.158. The second kappa shape index (κ2) is 7.81. The number of nitrogen functional groups attached to an aromatic ring is 1. The number of nitrogens with one attached hydrogen (secondary N) is 1. The number of nitrogens with two attached hydrogens (primary N) is 1. The molecule has 3 N–H and O–H groups in total. The maximum atomic E-state index is 12.0. The number of amides is 1. The Labute approximate surface area is 150 Å². The second-order valence-electron chi connectivity index (χ2n) is 5.49. The summed E-state index contributed by atoms with van der Waals surface area (Å²) in [6.07, 6.45) is 0.971. The fourth-order valence-corrected chi connectivity index (χ4v) is 2.91. The first-order chi connectivity index (χ1) is 12.1. The number of hydrogen-bond donors (Lipinski definition) is 2. The van der Waals surface area contributed by atoms with Gasteiger partial charge in [-0.2, -0.15) is 0 Å². The molecule has 5 nitrogen and oxygen atoms in total. The molecule has 0 bridgehead atoms. The Kier molecular flexibility index (Phi) is 5.30. The van der Waals surface area contributed by atoms with Crippen LogP contribution in [0.2, 0.25) is 0 Å². The van der Waals surface area contributed by atoms with E-state index in [1.807, 2.05) is 53.9 Å². The molecule has 25 heavy (non-hydrogen) atoms. The number of nitrogens with zero attached hydrogens (tertiary/aromatic N) is 1. The van der Waals surface area contributed by atoms with Gasteiger partial charge in [0.2, 0.25) is 0 Å². The van der Waals surface area contributed by atoms with Crippen LogP contribution in [0, 0.1) is 0 Å². The van der Waals surface area contributed by atoms with Crippen LogP contribution in [-0.4, -0.2) is 17.5 Å². The third-order valence-electron chi connectivity index (χ3n) is 3.67. The Morgan fingerprint density at radius 3 is 2.72 bits per heavy atom. The van der Waals surface area contributed by atoms with Gasteiger partial charge in [-0.3, -0.25) is 4.79 Å². The first-order valence-electron chi connectivity index (χ1n) is 7.97. The van der Waals surface area contributed by atoms with E-state index in [9.17, 15) is 4.79 Å². The molecule has 3 aromatic rings. The van der Waals surface area contributed by atoms with Crippen LogP contribution < -0.4 is 15.8 Å². The van der Waals surface area contributed by atoms with Gasteiger partial charge >= 0.3 is 0 Å². The molecule has 6 heteroatoms. The summed E-state index contributed by atoms with van der Waals surface area (Å²) in [5, 5.41) is 5.23. The van der Waals surface area contributed by atoms with Crippen LogP contribution in [0.4, 0.5) is 10.8 Å². The molecular formula is C19H19N3O2S. The van der Waals surface area contributed by atoms with E-state index in [1.165, 1.54) is 16.9 Å². The Morgan fingerprint density at radius 2 is 2.04 bits per heavy atom. The number of anilines is 2. The van der Waals surface area contributed by atoms with Gasteiger partial charge in [-0.25, -0.2) is 4.98 Å². The molecule has 0 atom stereocenters. The minimum atomic E-state index is -0.201. The lowest BCUT2D eigenvalue weighted by Crippen LogP contribution is -2.20. The SMILES string of the molecule is CCc1ccc(NC(=O)COc2cccc(-c3csc(N)n3)c2)cc1. The molecule has 0 aliphatic rings. The number of carbonyl (C=O) groups excluding carboxylic acids is 1. The minimum Gasteiger partial charge on any atom is -0.484 e. The molecule has 1 aromatic heterocycles. The zero-order chi connectivity index (χ0) is 17.6. The van der Waals surface area contributed by atoms with Crippen LogP contribution in [0.5, 0.6) is 5.75 Å². The zero-order valence-electron chi connectivity index (χ0n) is 13.9. The minimum absolute atomic E-state index is 0.0574. The average molecular weight is 353 g/mol. The maximum Gasteiger partial charge on any atom is 0.262 e. The lowest BCUT2D eigenvalue weighted by molar-refractivity contribution is -0.118. The number of ether oxygens (including phenoxy) is 1. The van der Waals surface area contributed by atoms with Crippen molar-refractivity contribution in [1.82, 2.24) is 4.98 Å². The molecule has 0 aliphatic heterocycles.